The Morgan fingerprint density at radius 3 is 2.08 bits per heavy atom. The van der Waals surface area contributed by atoms with Crippen LogP contribution in [0.5, 0.6) is 0 Å². The fourth-order valence-electron chi connectivity index (χ4n) is 6.10. The molecule has 0 saturated heterocycles. The van der Waals surface area contributed by atoms with Gasteiger partial charge in [0.25, 0.3) is 11.8 Å². The topological polar surface area (TPSA) is 182 Å². The van der Waals surface area contributed by atoms with Gasteiger partial charge in [-0.1, -0.05) is 39.5 Å². The van der Waals surface area contributed by atoms with Crippen molar-refractivity contribution in [1.82, 2.24) is 15.5 Å². The number of imide groups is 1. The number of Topliss-reactive ketones (excluding diaryl/α,β-unsaturated/α-hetero) is 2. The van der Waals surface area contributed by atoms with Crippen molar-refractivity contribution < 1.29 is 38.3 Å². The molecule has 5 atom stereocenters. The zero-order valence-corrected chi connectivity index (χ0v) is 29.8. The van der Waals surface area contributed by atoms with Crippen molar-refractivity contribution >= 4 is 41.2 Å². The zero-order valence-electron chi connectivity index (χ0n) is 29.8. The van der Waals surface area contributed by atoms with E-state index in [-0.39, 0.29) is 54.1 Å². The summed E-state index contributed by atoms with van der Waals surface area (Å²) in [5.41, 5.74) is 5.31. The first-order valence-electron chi connectivity index (χ1n) is 17.7. The van der Waals surface area contributed by atoms with Crippen LogP contribution in [0.2, 0.25) is 0 Å². The standard InChI is InChI=1S/C36H58N4O8/c1-23(2)27(22-25(41)14-9-8-12-21-40-31(43)19-20-32(40)44)34(46)38-24(3)33(45)39-29(35(47)48-36(4,5)6)17-10-7-11-18-30(42)26-15-13-16-28(26)37/h19-20,23-24,26-29H,7-18,21-22,37H2,1-6H3,(H,38,46)(H,39,45)/t24-,26+,27-,28-,29-/m0/s1. The largest absolute Gasteiger partial charge is 0.458 e. The number of nitrogens with two attached hydrogens (primary N) is 1. The molecule has 0 unspecified atom stereocenters. The molecule has 12 nitrogen and oxygen atoms in total. The number of hydrogen-bond acceptors (Lipinski definition) is 9. The van der Waals surface area contributed by atoms with Crippen LogP contribution in [0.4, 0.5) is 0 Å². The Bertz CT molecular complexity index is 1170. The van der Waals surface area contributed by atoms with Gasteiger partial charge in [0, 0.05) is 55.8 Å². The van der Waals surface area contributed by atoms with Crippen LogP contribution in [-0.2, 0) is 38.3 Å². The van der Waals surface area contributed by atoms with Crippen molar-refractivity contribution in [1.29, 1.82) is 0 Å². The van der Waals surface area contributed by atoms with Gasteiger partial charge in [-0.2, -0.15) is 0 Å². The number of ether oxygens (including phenoxy) is 1. The number of nitrogens with zero attached hydrogens (tertiary/aromatic N) is 1. The molecule has 0 aromatic heterocycles. The molecule has 2 rings (SSSR count). The van der Waals surface area contributed by atoms with Gasteiger partial charge in [-0.25, -0.2) is 4.79 Å². The number of carbonyl (C=O) groups is 7. The van der Waals surface area contributed by atoms with Crippen LogP contribution < -0.4 is 16.4 Å². The van der Waals surface area contributed by atoms with Crippen molar-refractivity contribution in [3.63, 3.8) is 0 Å². The minimum Gasteiger partial charge on any atom is -0.458 e. The number of esters is 1. The molecule has 1 heterocycles. The van der Waals surface area contributed by atoms with E-state index in [1.165, 1.54) is 24.0 Å². The van der Waals surface area contributed by atoms with Crippen molar-refractivity contribution in [2.45, 2.75) is 149 Å². The Morgan fingerprint density at radius 2 is 1.50 bits per heavy atom. The van der Waals surface area contributed by atoms with E-state index in [0.717, 1.165) is 19.3 Å². The summed E-state index contributed by atoms with van der Waals surface area (Å²) in [4.78, 5) is 89.1. The number of carbonyl (C=O) groups excluding carboxylic acids is 7. The molecule has 0 radical (unpaired) electrons. The number of rotatable bonds is 21. The predicted octanol–water partition coefficient (Wildman–Crippen LogP) is 3.68. The van der Waals surface area contributed by atoms with Gasteiger partial charge in [0.05, 0.1) is 0 Å². The highest BCUT2D eigenvalue weighted by atomic mass is 16.6. The van der Waals surface area contributed by atoms with Gasteiger partial charge < -0.3 is 21.1 Å². The van der Waals surface area contributed by atoms with Gasteiger partial charge in [-0.05, 0) is 72.1 Å². The summed E-state index contributed by atoms with van der Waals surface area (Å²) in [6, 6.07) is -1.93. The van der Waals surface area contributed by atoms with Crippen LogP contribution in [-0.4, -0.2) is 76.3 Å². The lowest BCUT2D eigenvalue weighted by Gasteiger charge is -2.26. The van der Waals surface area contributed by atoms with E-state index >= 15 is 0 Å². The van der Waals surface area contributed by atoms with E-state index in [1.54, 1.807) is 20.8 Å². The summed E-state index contributed by atoms with van der Waals surface area (Å²) in [7, 11) is 0. The molecule has 4 N–H and O–H groups in total. The number of unbranched alkanes of at least 4 members (excludes halogenated alkanes) is 4. The van der Waals surface area contributed by atoms with Crippen LogP contribution in [0.1, 0.15) is 125 Å². The van der Waals surface area contributed by atoms with Crippen LogP contribution in [0.3, 0.4) is 0 Å². The molecule has 1 aliphatic carbocycles. The van der Waals surface area contributed by atoms with Crippen LogP contribution >= 0.6 is 0 Å². The quantitative estimate of drug-likeness (QED) is 0.0929. The molecule has 270 valence electrons. The maximum absolute atomic E-state index is 13.2. The van der Waals surface area contributed by atoms with Gasteiger partial charge in [0.1, 0.15) is 29.3 Å². The Morgan fingerprint density at radius 1 is 0.875 bits per heavy atom. The summed E-state index contributed by atoms with van der Waals surface area (Å²) in [5.74, 6) is -2.90. The maximum atomic E-state index is 13.2. The second-order valence-electron chi connectivity index (χ2n) is 14.7. The lowest BCUT2D eigenvalue weighted by Crippen LogP contribution is -2.52. The summed E-state index contributed by atoms with van der Waals surface area (Å²) in [6.07, 6.45) is 10.1. The first-order valence-corrected chi connectivity index (χ1v) is 17.7. The third-order valence-electron chi connectivity index (χ3n) is 8.99. The Balaban J connectivity index is 1.83. The summed E-state index contributed by atoms with van der Waals surface area (Å²) >= 11 is 0. The van der Waals surface area contributed by atoms with Gasteiger partial charge >= 0.3 is 5.97 Å². The smallest absolute Gasteiger partial charge is 0.329 e. The molecular weight excluding hydrogens is 616 g/mol. The molecule has 2 aliphatic rings. The molecule has 0 aromatic carbocycles. The predicted molar refractivity (Wildman–Crippen MR) is 181 cm³/mol. The van der Waals surface area contributed by atoms with Crippen molar-refractivity contribution in [3.05, 3.63) is 12.2 Å². The van der Waals surface area contributed by atoms with E-state index in [2.05, 4.69) is 10.6 Å². The van der Waals surface area contributed by atoms with E-state index in [9.17, 15) is 33.6 Å². The summed E-state index contributed by atoms with van der Waals surface area (Å²) in [6.45, 7) is 10.8. The highest BCUT2D eigenvalue weighted by Gasteiger charge is 2.32. The molecule has 1 aliphatic heterocycles. The van der Waals surface area contributed by atoms with Gasteiger partial charge in [0.15, 0.2) is 0 Å². The zero-order chi connectivity index (χ0) is 36.0. The van der Waals surface area contributed by atoms with Crippen LogP contribution in [0.15, 0.2) is 12.2 Å². The number of hydrogen-bond donors (Lipinski definition) is 3. The minimum atomic E-state index is -0.961. The first-order chi connectivity index (χ1) is 22.5. The van der Waals surface area contributed by atoms with Gasteiger partial charge in [-0.3, -0.25) is 33.7 Å². The number of nitrogens with one attached hydrogen (secondary N) is 2. The Hall–Kier alpha value is -3.41. The van der Waals surface area contributed by atoms with Crippen molar-refractivity contribution in [3.8, 4) is 0 Å². The third kappa shape index (κ3) is 14.0. The SMILES string of the molecule is CC(C)[C@H](CC(=O)CCCCCN1C(=O)C=CC1=O)C(=O)N[C@@H](C)C(=O)N[C@@H](CCCCCC(=O)[C@@H]1CCC[C@@H]1N)C(=O)OC(C)(C)C. The molecule has 0 aromatic rings. The fraction of sp³-hybridized carbons (Fsp3) is 0.750. The lowest BCUT2D eigenvalue weighted by molar-refractivity contribution is -0.159. The van der Waals surface area contributed by atoms with E-state index in [4.69, 9.17) is 10.5 Å². The van der Waals surface area contributed by atoms with Crippen molar-refractivity contribution in [2.24, 2.45) is 23.5 Å². The average Bonchev–Trinajstić information content (AvgIpc) is 3.57. The number of amides is 4. The van der Waals surface area contributed by atoms with Crippen LogP contribution in [0, 0.1) is 17.8 Å². The highest BCUT2D eigenvalue weighted by Crippen LogP contribution is 2.26. The normalized spacial score (nSPS) is 19.7. The van der Waals surface area contributed by atoms with Gasteiger partial charge in [0.2, 0.25) is 11.8 Å². The molecule has 4 amide bonds. The highest BCUT2D eigenvalue weighted by molar-refractivity contribution is 6.12. The maximum Gasteiger partial charge on any atom is 0.329 e. The molecule has 1 saturated carbocycles. The van der Waals surface area contributed by atoms with E-state index in [1.807, 2.05) is 13.8 Å². The van der Waals surface area contributed by atoms with Crippen LogP contribution in [0.25, 0.3) is 0 Å². The molecule has 12 heteroatoms. The Kier molecular flexibility index (Phi) is 16.6. The summed E-state index contributed by atoms with van der Waals surface area (Å²) < 4.78 is 5.55. The second kappa shape index (κ2) is 19.6. The minimum absolute atomic E-state index is 0.0283. The van der Waals surface area contributed by atoms with E-state index in [0.29, 0.717) is 57.9 Å². The lowest BCUT2D eigenvalue weighted by atomic mass is 9.88. The molecule has 0 spiro atoms. The third-order valence-corrected chi connectivity index (χ3v) is 8.99. The molecule has 48 heavy (non-hydrogen) atoms. The van der Waals surface area contributed by atoms with E-state index < -0.39 is 41.4 Å². The molecular formula is C36H58N4O8. The Labute approximate surface area is 285 Å². The number of ketones is 2. The fourth-order valence-corrected chi connectivity index (χ4v) is 6.10. The van der Waals surface area contributed by atoms with Gasteiger partial charge in [-0.15, -0.1) is 0 Å². The first kappa shape index (κ1) is 40.8. The average molecular weight is 675 g/mol. The van der Waals surface area contributed by atoms with Crippen molar-refractivity contribution in [2.75, 3.05) is 6.54 Å². The monoisotopic (exact) mass is 674 g/mol. The molecule has 0 bridgehead atoms. The second-order valence-corrected chi connectivity index (χ2v) is 14.7. The summed E-state index contributed by atoms with van der Waals surface area (Å²) in [5, 5.41) is 5.46. The molecule has 1 fully saturated rings.